The molecule has 1 amide bonds. The van der Waals surface area contributed by atoms with E-state index in [4.69, 9.17) is 4.74 Å². The van der Waals surface area contributed by atoms with Crippen LogP contribution in [0.1, 0.15) is 61.7 Å². The molecule has 0 spiro atoms. The maximum Gasteiger partial charge on any atom is 0.255 e. The fraction of sp³-hybridized carbons (Fsp3) is 0.700. The van der Waals surface area contributed by atoms with Crippen LogP contribution in [0.3, 0.4) is 0 Å². The van der Waals surface area contributed by atoms with Crippen LogP contribution in [0.5, 0.6) is 0 Å². The number of anilines is 1. The molecule has 1 saturated carbocycles. The number of pyridine rings is 1. The second-order valence-electron chi connectivity index (χ2n) is 7.48. The first-order valence-corrected chi connectivity index (χ1v) is 9.77. The highest BCUT2D eigenvalue weighted by atomic mass is 16.5. The molecule has 1 aromatic heterocycles. The predicted octanol–water partition coefficient (Wildman–Crippen LogP) is 3.71. The number of likely N-dealkylation sites (tertiary alicyclic amines) is 1. The molecule has 1 aliphatic carbocycles. The summed E-state index contributed by atoms with van der Waals surface area (Å²) in [5.41, 5.74) is 0.685. The Bertz CT molecular complexity index is 536. The molecule has 1 N–H and O–H groups in total. The molecule has 25 heavy (non-hydrogen) atoms. The SMILES string of the molecule is COC[C@H]1CCCN(C(=O)c2ccc(NC3CCCCCC3)nc2)C1. The molecule has 0 aromatic carbocycles. The minimum Gasteiger partial charge on any atom is -0.384 e. The van der Waals surface area contributed by atoms with Crippen molar-refractivity contribution >= 4 is 11.7 Å². The summed E-state index contributed by atoms with van der Waals surface area (Å²) in [5.74, 6) is 1.43. The molecule has 5 heteroatoms. The van der Waals surface area contributed by atoms with Crippen molar-refractivity contribution in [2.45, 2.75) is 57.4 Å². The molecule has 3 rings (SSSR count). The summed E-state index contributed by atoms with van der Waals surface area (Å²) in [7, 11) is 1.73. The topological polar surface area (TPSA) is 54.5 Å². The molecule has 1 aliphatic heterocycles. The Kier molecular flexibility index (Phi) is 6.68. The van der Waals surface area contributed by atoms with E-state index >= 15 is 0 Å². The first kappa shape index (κ1) is 18.2. The molecule has 2 aliphatic rings. The van der Waals surface area contributed by atoms with Crippen LogP contribution in [0.25, 0.3) is 0 Å². The van der Waals surface area contributed by atoms with E-state index in [1.807, 2.05) is 17.0 Å². The van der Waals surface area contributed by atoms with Crippen LogP contribution < -0.4 is 5.32 Å². The van der Waals surface area contributed by atoms with Gasteiger partial charge in [-0.25, -0.2) is 4.98 Å². The Labute approximate surface area is 151 Å². The highest BCUT2D eigenvalue weighted by Crippen LogP contribution is 2.21. The summed E-state index contributed by atoms with van der Waals surface area (Å²) >= 11 is 0. The van der Waals surface area contributed by atoms with Gasteiger partial charge in [0.25, 0.3) is 5.91 Å². The Balaban J connectivity index is 1.56. The number of nitrogens with one attached hydrogen (secondary N) is 1. The Morgan fingerprint density at radius 2 is 2.00 bits per heavy atom. The fourth-order valence-corrected chi connectivity index (χ4v) is 4.04. The molecule has 5 nitrogen and oxygen atoms in total. The van der Waals surface area contributed by atoms with Crippen LogP contribution in [0.4, 0.5) is 5.82 Å². The van der Waals surface area contributed by atoms with Crippen molar-refractivity contribution in [1.29, 1.82) is 0 Å². The maximum absolute atomic E-state index is 12.7. The zero-order chi connectivity index (χ0) is 17.5. The lowest BCUT2D eigenvalue weighted by Gasteiger charge is -2.32. The first-order valence-electron chi connectivity index (χ1n) is 9.77. The average Bonchev–Trinajstić information content (AvgIpc) is 2.91. The third kappa shape index (κ3) is 5.18. The highest BCUT2D eigenvalue weighted by molar-refractivity contribution is 5.94. The van der Waals surface area contributed by atoms with E-state index in [0.717, 1.165) is 38.4 Å². The van der Waals surface area contributed by atoms with Gasteiger partial charge in [-0.1, -0.05) is 25.7 Å². The number of amides is 1. The minimum atomic E-state index is 0.0920. The second-order valence-corrected chi connectivity index (χ2v) is 7.48. The van der Waals surface area contributed by atoms with Crippen LogP contribution in [-0.4, -0.2) is 48.6 Å². The molecule has 1 atom stereocenters. The summed E-state index contributed by atoms with van der Waals surface area (Å²) in [5, 5.41) is 3.54. The standard InChI is InChI=1S/C20H31N3O2/c1-25-15-16-7-6-12-23(14-16)20(24)17-10-11-19(21-13-17)22-18-8-4-2-3-5-9-18/h10-11,13,16,18H,2-9,12,14-15H2,1H3,(H,21,22)/t16-/m0/s1. The van der Waals surface area contributed by atoms with Gasteiger partial charge in [0.1, 0.15) is 5.82 Å². The number of hydrogen-bond donors (Lipinski definition) is 1. The molecule has 0 unspecified atom stereocenters. The second kappa shape index (κ2) is 9.18. The van der Waals surface area contributed by atoms with Gasteiger partial charge in [-0.3, -0.25) is 4.79 Å². The van der Waals surface area contributed by atoms with Crippen molar-refractivity contribution in [3.8, 4) is 0 Å². The third-order valence-electron chi connectivity index (χ3n) is 5.43. The number of carbonyl (C=O) groups excluding carboxylic acids is 1. The van der Waals surface area contributed by atoms with E-state index in [-0.39, 0.29) is 5.91 Å². The lowest BCUT2D eigenvalue weighted by atomic mass is 9.98. The van der Waals surface area contributed by atoms with Crippen molar-refractivity contribution in [2.75, 3.05) is 32.1 Å². The van der Waals surface area contributed by atoms with Crippen molar-refractivity contribution in [3.63, 3.8) is 0 Å². The van der Waals surface area contributed by atoms with Gasteiger partial charge in [0.05, 0.1) is 12.2 Å². The molecule has 0 bridgehead atoms. The molecule has 2 fully saturated rings. The van der Waals surface area contributed by atoms with Gasteiger partial charge in [0, 0.05) is 32.4 Å². The van der Waals surface area contributed by atoms with Crippen LogP contribution in [-0.2, 0) is 4.74 Å². The van der Waals surface area contributed by atoms with E-state index in [2.05, 4.69) is 10.3 Å². The number of hydrogen-bond acceptors (Lipinski definition) is 4. The normalized spacial score (nSPS) is 22.4. The van der Waals surface area contributed by atoms with E-state index in [1.54, 1.807) is 13.3 Å². The van der Waals surface area contributed by atoms with E-state index in [0.29, 0.717) is 17.5 Å². The lowest BCUT2D eigenvalue weighted by molar-refractivity contribution is 0.0570. The first-order chi connectivity index (χ1) is 12.3. The van der Waals surface area contributed by atoms with Gasteiger partial charge in [-0.15, -0.1) is 0 Å². The average molecular weight is 345 g/mol. The number of aromatic nitrogens is 1. The molecular formula is C20H31N3O2. The maximum atomic E-state index is 12.7. The van der Waals surface area contributed by atoms with Crippen molar-refractivity contribution in [1.82, 2.24) is 9.88 Å². The zero-order valence-corrected chi connectivity index (χ0v) is 15.4. The zero-order valence-electron chi connectivity index (χ0n) is 15.4. The summed E-state index contributed by atoms with van der Waals surface area (Å²) in [6.07, 6.45) is 11.6. The van der Waals surface area contributed by atoms with Gasteiger partial charge in [-0.05, 0) is 43.7 Å². The predicted molar refractivity (Wildman–Crippen MR) is 99.9 cm³/mol. The monoisotopic (exact) mass is 345 g/mol. The van der Waals surface area contributed by atoms with Gasteiger partial charge in [0.15, 0.2) is 0 Å². The van der Waals surface area contributed by atoms with Crippen molar-refractivity contribution in [2.24, 2.45) is 5.92 Å². The van der Waals surface area contributed by atoms with Crippen molar-refractivity contribution in [3.05, 3.63) is 23.9 Å². The molecule has 0 radical (unpaired) electrons. The van der Waals surface area contributed by atoms with Gasteiger partial charge in [-0.2, -0.15) is 0 Å². The molecule has 1 saturated heterocycles. The van der Waals surface area contributed by atoms with Gasteiger partial charge >= 0.3 is 0 Å². The quantitative estimate of drug-likeness (QED) is 0.827. The number of piperidine rings is 1. The summed E-state index contributed by atoms with van der Waals surface area (Å²) in [4.78, 5) is 19.2. The van der Waals surface area contributed by atoms with Crippen LogP contribution in [0, 0.1) is 5.92 Å². The number of methoxy groups -OCH3 is 1. The number of ether oxygens (including phenoxy) is 1. The molecular weight excluding hydrogens is 314 g/mol. The highest BCUT2D eigenvalue weighted by Gasteiger charge is 2.24. The number of carbonyl (C=O) groups is 1. The van der Waals surface area contributed by atoms with Crippen molar-refractivity contribution < 1.29 is 9.53 Å². The molecule has 2 heterocycles. The number of nitrogens with zero attached hydrogens (tertiary/aromatic N) is 2. The van der Waals surface area contributed by atoms with Crippen LogP contribution in [0.2, 0.25) is 0 Å². The summed E-state index contributed by atoms with van der Waals surface area (Å²) < 4.78 is 5.25. The fourth-order valence-electron chi connectivity index (χ4n) is 4.04. The van der Waals surface area contributed by atoms with E-state index in [1.165, 1.54) is 38.5 Å². The Morgan fingerprint density at radius 3 is 2.68 bits per heavy atom. The lowest BCUT2D eigenvalue weighted by Crippen LogP contribution is -2.41. The third-order valence-corrected chi connectivity index (χ3v) is 5.43. The van der Waals surface area contributed by atoms with Gasteiger partial charge < -0.3 is 15.0 Å². The van der Waals surface area contributed by atoms with Crippen LogP contribution in [0.15, 0.2) is 18.3 Å². The smallest absolute Gasteiger partial charge is 0.255 e. The number of rotatable bonds is 5. The summed E-state index contributed by atoms with van der Waals surface area (Å²) in [6.45, 7) is 2.35. The van der Waals surface area contributed by atoms with E-state index in [9.17, 15) is 4.79 Å². The largest absolute Gasteiger partial charge is 0.384 e. The van der Waals surface area contributed by atoms with Gasteiger partial charge in [0.2, 0.25) is 0 Å². The minimum absolute atomic E-state index is 0.0920. The van der Waals surface area contributed by atoms with Crippen LogP contribution >= 0.6 is 0 Å². The molecule has 1 aromatic rings. The van der Waals surface area contributed by atoms with E-state index < -0.39 is 0 Å². The molecule has 138 valence electrons. The Hall–Kier alpha value is -1.62. The summed E-state index contributed by atoms with van der Waals surface area (Å²) in [6, 6.07) is 4.39. The Morgan fingerprint density at radius 1 is 1.20 bits per heavy atom.